The zero-order valence-corrected chi connectivity index (χ0v) is 12.4. The Morgan fingerprint density at radius 2 is 2.10 bits per heavy atom. The first-order valence-corrected chi connectivity index (χ1v) is 6.65. The summed E-state index contributed by atoms with van der Waals surface area (Å²) in [6.07, 6.45) is 2.27. The molecule has 1 heterocycles. The molecule has 21 heavy (non-hydrogen) atoms. The summed E-state index contributed by atoms with van der Waals surface area (Å²) in [7, 11) is 3.31. The maximum atomic E-state index is 11.5. The van der Waals surface area contributed by atoms with Crippen LogP contribution in [0, 0.1) is 10.1 Å². The first-order valence-electron chi connectivity index (χ1n) is 6.65. The summed E-state index contributed by atoms with van der Waals surface area (Å²) in [5, 5.41) is 16.7. The summed E-state index contributed by atoms with van der Waals surface area (Å²) in [6.45, 7) is 2.93. The summed E-state index contributed by atoms with van der Waals surface area (Å²) < 4.78 is 0. The molecule has 0 radical (unpaired) electrons. The van der Waals surface area contributed by atoms with E-state index in [1.807, 2.05) is 6.92 Å². The summed E-state index contributed by atoms with van der Waals surface area (Å²) >= 11 is 0. The van der Waals surface area contributed by atoms with Crippen molar-refractivity contribution in [3.05, 3.63) is 16.3 Å². The molecule has 9 nitrogen and oxygen atoms in total. The molecule has 0 aliphatic rings. The number of nitrogens with one attached hydrogen (secondary N) is 2. The first kappa shape index (κ1) is 16.6. The van der Waals surface area contributed by atoms with Crippen LogP contribution < -0.4 is 10.6 Å². The van der Waals surface area contributed by atoms with Gasteiger partial charge in [0.05, 0.1) is 4.92 Å². The number of carbonyl (C=O) groups excluding carboxylic acids is 1. The second-order valence-corrected chi connectivity index (χ2v) is 4.58. The smallest absolute Gasteiger partial charge is 0.329 e. The highest BCUT2D eigenvalue weighted by molar-refractivity contribution is 5.76. The Kier molecular flexibility index (Phi) is 6.31. The molecule has 1 aromatic heterocycles. The van der Waals surface area contributed by atoms with Crippen LogP contribution >= 0.6 is 0 Å². The van der Waals surface area contributed by atoms with Gasteiger partial charge in [-0.15, -0.1) is 0 Å². The summed E-state index contributed by atoms with van der Waals surface area (Å²) in [6, 6.07) is 0. The molecule has 0 spiro atoms. The van der Waals surface area contributed by atoms with Gasteiger partial charge >= 0.3 is 5.69 Å². The number of amides is 1. The van der Waals surface area contributed by atoms with E-state index in [1.165, 1.54) is 4.90 Å². The van der Waals surface area contributed by atoms with Crippen LogP contribution in [0.1, 0.15) is 19.8 Å². The summed E-state index contributed by atoms with van der Waals surface area (Å²) in [5.74, 6) is 0.368. The zero-order chi connectivity index (χ0) is 15.8. The van der Waals surface area contributed by atoms with Gasteiger partial charge in [-0.05, 0) is 6.42 Å². The molecule has 9 heteroatoms. The van der Waals surface area contributed by atoms with Gasteiger partial charge in [-0.3, -0.25) is 14.9 Å². The highest BCUT2D eigenvalue weighted by Gasteiger charge is 2.17. The van der Waals surface area contributed by atoms with Gasteiger partial charge in [0.1, 0.15) is 6.20 Å². The van der Waals surface area contributed by atoms with Gasteiger partial charge in [0.25, 0.3) is 0 Å². The minimum Gasteiger partial charge on any atom is -0.364 e. The van der Waals surface area contributed by atoms with Crippen LogP contribution in [0.2, 0.25) is 0 Å². The maximum absolute atomic E-state index is 11.5. The van der Waals surface area contributed by atoms with Gasteiger partial charge in [-0.1, -0.05) is 6.92 Å². The molecule has 0 saturated heterocycles. The fourth-order valence-electron chi connectivity index (χ4n) is 1.47. The molecular weight excluding hydrogens is 276 g/mol. The van der Waals surface area contributed by atoms with E-state index in [-0.39, 0.29) is 30.4 Å². The number of aromatic nitrogens is 2. The predicted octanol–water partition coefficient (Wildman–Crippen LogP) is 1.10. The predicted molar refractivity (Wildman–Crippen MR) is 79.3 cm³/mol. The lowest BCUT2D eigenvalue weighted by molar-refractivity contribution is -0.384. The van der Waals surface area contributed by atoms with Crippen molar-refractivity contribution >= 4 is 23.4 Å². The summed E-state index contributed by atoms with van der Waals surface area (Å²) in [4.78, 5) is 31.3. The number of carbonyl (C=O) groups is 1. The number of rotatable bonds is 8. The van der Waals surface area contributed by atoms with Crippen molar-refractivity contribution in [3.8, 4) is 0 Å². The van der Waals surface area contributed by atoms with E-state index in [9.17, 15) is 14.9 Å². The molecule has 0 aliphatic heterocycles. The van der Waals surface area contributed by atoms with Crippen molar-refractivity contribution in [2.45, 2.75) is 19.8 Å². The monoisotopic (exact) mass is 296 g/mol. The average molecular weight is 296 g/mol. The van der Waals surface area contributed by atoms with Crippen molar-refractivity contribution < 1.29 is 9.72 Å². The normalized spacial score (nSPS) is 10.0. The van der Waals surface area contributed by atoms with Crippen LogP contribution in [0.4, 0.5) is 17.5 Å². The van der Waals surface area contributed by atoms with Gasteiger partial charge in [0.2, 0.25) is 17.7 Å². The third-order valence-electron chi connectivity index (χ3n) is 2.63. The van der Waals surface area contributed by atoms with Crippen molar-refractivity contribution in [1.29, 1.82) is 0 Å². The Morgan fingerprint density at radius 1 is 1.38 bits per heavy atom. The summed E-state index contributed by atoms with van der Waals surface area (Å²) in [5.41, 5.74) is -0.214. The SMILES string of the molecule is CCCNc1ncc([N+](=O)[O-])c(NCCC(=O)N(C)C)n1. The van der Waals surface area contributed by atoms with Crippen LogP contribution in [-0.4, -0.2) is 52.9 Å². The lowest BCUT2D eigenvalue weighted by atomic mass is 10.3. The zero-order valence-electron chi connectivity index (χ0n) is 12.4. The van der Waals surface area contributed by atoms with E-state index in [4.69, 9.17) is 0 Å². The highest BCUT2D eigenvalue weighted by atomic mass is 16.6. The Bertz CT molecular complexity index is 506. The maximum Gasteiger partial charge on any atom is 0.329 e. The van der Waals surface area contributed by atoms with Crippen molar-refractivity contribution in [1.82, 2.24) is 14.9 Å². The minimum absolute atomic E-state index is 0.0662. The Morgan fingerprint density at radius 3 is 2.67 bits per heavy atom. The molecule has 0 aromatic carbocycles. The Balaban J connectivity index is 2.76. The second kappa shape index (κ2) is 7.98. The van der Waals surface area contributed by atoms with Gasteiger partial charge in [-0.25, -0.2) is 4.98 Å². The molecule has 0 unspecified atom stereocenters. The molecule has 0 atom stereocenters. The fraction of sp³-hybridized carbons (Fsp3) is 0.583. The largest absolute Gasteiger partial charge is 0.364 e. The molecule has 1 rings (SSSR count). The van der Waals surface area contributed by atoms with Crippen LogP contribution in [0.5, 0.6) is 0 Å². The van der Waals surface area contributed by atoms with E-state index in [2.05, 4.69) is 20.6 Å². The molecule has 0 aliphatic carbocycles. The molecule has 1 amide bonds. The fourth-order valence-corrected chi connectivity index (χ4v) is 1.47. The molecule has 0 bridgehead atoms. The van der Waals surface area contributed by atoms with E-state index in [0.717, 1.165) is 12.6 Å². The van der Waals surface area contributed by atoms with Crippen LogP contribution in [-0.2, 0) is 4.79 Å². The number of hydrogen-bond donors (Lipinski definition) is 2. The third-order valence-corrected chi connectivity index (χ3v) is 2.63. The van der Waals surface area contributed by atoms with Gasteiger partial charge in [0.15, 0.2) is 0 Å². The topological polar surface area (TPSA) is 113 Å². The average Bonchev–Trinajstić information content (AvgIpc) is 2.44. The minimum atomic E-state index is -0.556. The molecule has 2 N–H and O–H groups in total. The van der Waals surface area contributed by atoms with Gasteiger partial charge in [0, 0.05) is 33.6 Å². The lowest BCUT2D eigenvalue weighted by Gasteiger charge is -2.11. The van der Waals surface area contributed by atoms with Crippen molar-refractivity contribution in [2.75, 3.05) is 37.8 Å². The van der Waals surface area contributed by atoms with Crippen LogP contribution in [0.15, 0.2) is 6.20 Å². The molecular formula is C12H20N6O3. The molecule has 0 fully saturated rings. The van der Waals surface area contributed by atoms with Crippen molar-refractivity contribution in [3.63, 3.8) is 0 Å². The van der Waals surface area contributed by atoms with Crippen LogP contribution in [0.3, 0.4) is 0 Å². The van der Waals surface area contributed by atoms with Crippen molar-refractivity contribution in [2.24, 2.45) is 0 Å². The highest BCUT2D eigenvalue weighted by Crippen LogP contribution is 2.21. The number of nitrogens with zero attached hydrogens (tertiary/aromatic N) is 4. The van der Waals surface area contributed by atoms with E-state index < -0.39 is 4.92 Å². The van der Waals surface area contributed by atoms with E-state index in [1.54, 1.807) is 14.1 Å². The molecule has 116 valence electrons. The Labute approximate surface area is 122 Å². The lowest BCUT2D eigenvalue weighted by Crippen LogP contribution is -2.24. The Hall–Kier alpha value is -2.45. The van der Waals surface area contributed by atoms with Gasteiger partial charge < -0.3 is 15.5 Å². The van der Waals surface area contributed by atoms with Crippen LogP contribution in [0.25, 0.3) is 0 Å². The van der Waals surface area contributed by atoms with E-state index >= 15 is 0 Å². The quantitative estimate of drug-likeness (QED) is 0.545. The second-order valence-electron chi connectivity index (χ2n) is 4.58. The van der Waals surface area contributed by atoms with E-state index in [0.29, 0.717) is 12.5 Å². The molecule has 1 aromatic rings. The number of nitro groups is 1. The standard InChI is InChI=1S/C12H20N6O3/c1-4-6-14-12-15-8-9(18(20)21)11(16-12)13-7-5-10(19)17(2)3/h8H,4-7H2,1-3H3,(H2,13,14,15,16). The number of hydrogen-bond acceptors (Lipinski definition) is 7. The number of anilines is 2. The third kappa shape index (κ3) is 5.21. The first-order chi connectivity index (χ1) is 9.95. The molecule has 0 saturated carbocycles. The van der Waals surface area contributed by atoms with Gasteiger partial charge in [-0.2, -0.15) is 4.98 Å².